The molecule has 0 aromatic carbocycles. The number of rotatable bonds is 4. The number of hydrogen-bond donors (Lipinski definition) is 1. The molecule has 0 amide bonds. The van der Waals surface area contributed by atoms with Crippen molar-refractivity contribution in [1.29, 1.82) is 0 Å². The lowest BCUT2D eigenvalue weighted by Crippen LogP contribution is -2.48. The molecule has 1 aliphatic rings. The van der Waals surface area contributed by atoms with Crippen molar-refractivity contribution in [3.8, 4) is 0 Å². The summed E-state index contributed by atoms with van der Waals surface area (Å²) in [7, 11) is 3.60. The highest BCUT2D eigenvalue weighted by Crippen LogP contribution is 2.24. The van der Waals surface area contributed by atoms with Crippen LogP contribution < -0.4 is 0 Å². The first kappa shape index (κ1) is 12.5. The summed E-state index contributed by atoms with van der Waals surface area (Å²) < 4.78 is 5.22. The van der Waals surface area contributed by atoms with Gasteiger partial charge in [0.2, 0.25) is 0 Å². The van der Waals surface area contributed by atoms with Crippen LogP contribution >= 0.6 is 0 Å². The Morgan fingerprint density at radius 2 is 2.27 bits per heavy atom. The fourth-order valence-corrected chi connectivity index (χ4v) is 2.27. The molecule has 3 atom stereocenters. The van der Waals surface area contributed by atoms with Gasteiger partial charge in [-0.3, -0.25) is 9.69 Å². The molecule has 1 aliphatic heterocycles. The zero-order valence-corrected chi connectivity index (χ0v) is 9.77. The van der Waals surface area contributed by atoms with E-state index in [1.54, 1.807) is 7.11 Å². The fraction of sp³-hybridized carbons (Fsp3) is 0.909. The number of carboxylic acids is 1. The minimum Gasteiger partial charge on any atom is -0.480 e. The Hall–Kier alpha value is -0.610. The minimum atomic E-state index is -0.702. The number of carbonyl (C=O) groups is 1. The third-order valence-electron chi connectivity index (χ3n) is 3.37. The van der Waals surface area contributed by atoms with Gasteiger partial charge in [-0.05, 0) is 39.7 Å². The van der Waals surface area contributed by atoms with Gasteiger partial charge in [0.15, 0.2) is 0 Å². The summed E-state index contributed by atoms with van der Waals surface area (Å²) in [4.78, 5) is 13.0. The second kappa shape index (κ2) is 5.47. The van der Waals surface area contributed by atoms with E-state index in [2.05, 4.69) is 0 Å². The van der Waals surface area contributed by atoms with Gasteiger partial charge in [-0.25, -0.2) is 0 Å². The molecule has 0 aliphatic carbocycles. The van der Waals surface area contributed by atoms with Crippen LogP contribution in [0, 0.1) is 0 Å². The average Bonchev–Trinajstić information content (AvgIpc) is 2.20. The van der Waals surface area contributed by atoms with Crippen LogP contribution in [0.25, 0.3) is 0 Å². The molecule has 88 valence electrons. The van der Waals surface area contributed by atoms with Crippen LogP contribution in [0.2, 0.25) is 0 Å². The van der Waals surface area contributed by atoms with E-state index in [0.29, 0.717) is 6.04 Å². The zero-order valence-electron chi connectivity index (χ0n) is 9.77. The molecule has 0 radical (unpaired) electrons. The topological polar surface area (TPSA) is 49.8 Å². The van der Waals surface area contributed by atoms with Crippen LogP contribution in [0.4, 0.5) is 0 Å². The number of nitrogens with zero attached hydrogens (tertiary/aromatic N) is 1. The number of ether oxygens (including phenoxy) is 1. The van der Waals surface area contributed by atoms with E-state index in [4.69, 9.17) is 9.84 Å². The van der Waals surface area contributed by atoms with Crippen molar-refractivity contribution in [2.75, 3.05) is 14.2 Å². The van der Waals surface area contributed by atoms with E-state index in [9.17, 15) is 4.79 Å². The largest absolute Gasteiger partial charge is 0.480 e. The van der Waals surface area contributed by atoms with Gasteiger partial charge >= 0.3 is 5.97 Å². The highest BCUT2D eigenvalue weighted by atomic mass is 16.5. The minimum absolute atomic E-state index is 0.199. The second-order valence-electron chi connectivity index (χ2n) is 4.39. The second-order valence-corrected chi connectivity index (χ2v) is 4.39. The van der Waals surface area contributed by atoms with Gasteiger partial charge in [0.25, 0.3) is 0 Å². The lowest BCUT2D eigenvalue weighted by molar-refractivity contribution is -0.145. The first-order valence-electron chi connectivity index (χ1n) is 5.53. The van der Waals surface area contributed by atoms with Gasteiger partial charge in [0.1, 0.15) is 6.04 Å². The van der Waals surface area contributed by atoms with E-state index in [1.807, 2.05) is 18.9 Å². The summed E-state index contributed by atoms with van der Waals surface area (Å²) in [5.41, 5.74) is 0. The Kier molecular flexibility index (Phi) is 4.54. The van der Waals surface area contributed by atoms with Crippen molar-refractivity contribution in [3.05, 3.63) is 0 Å². The fourth-order valence-electron chi connectivity index (χ4n) is 2.27. The van der Waals surface area contributed by atoms with Crippen molar-refractivity contribution in [1.82, 2.24) is 4.90 Å². The molecule has 1 saturated heterocycles. The Morgan fingerprint density at radius 1 is 1.60 bits per heavy atom. The molecule has 1 rings (SSSR count). The molecular formula is C11H21NO3. The van der Waals surface area contributed by atoms with E-state index >= 15 is 0 Å². The maximum atomic E-state index is 11.0. The summed E-state index contributed by atoms with van der Waals surface area (Å²) in [6.45, 7) is 2.03. The normalized spacial score (nSPS) is 30.1. The lowest BCUT2D eigenvalue weighted by atomic mass is 9.93. The van der Waals surface area contributed by atoms with Crippen LogP contribution in [-0.4, -0.2) is 48.3 Å². The molecule has 1 heterocycles. The molecule has 0 saturated carbocycles. The third kappa shape index (κ3) is 3.18. The monoisotopic (exact) mass is 215 g/mol. The van der Waals surface area contributed by atoms with Crippen LogP contribution in [0.3, 0.4) is 0 Å². The van der Waals surface area contributed by atoms with Gasteiger partial charge in [0, 0.05) is 13.2 Å². The number of likely N-dealkylation sites (tertiary alicyclic amines) is 1. The molecule has 0 spiro atoms. The Morgan fingerprint density at radius 3 is 2.80 bits per heavy atom. The average molecular weight is 215 g/mol. The molecule has 1 N–H and O–H groups in total. The van der Waals surface area contributed by atoms with Crippen LogP contribution in [0.15, 0.2) is 0 Å². The molecule has 3 unspecified atom stereocenters. The van der Waals surface area contributed by atoms with E-state index in [-0.39, 0.29) is 12.1 Å². The standard InChI is InChI=1S/C11H21NO3/c1-8(15-3)7-9-5-4-6-10(11(13)14)12(9)2/h8-10H,4-7H2,1-3H3,(H,13,14). The van der Waals surface area contributed by atoms with Crippen LogP contribution in [0.5, 0.6) is 0 Å². The maximum Gasteiger partial charge on any atom is 0.320 e. The number of aliphatic carboxylic acids is 1. The lowest BCUT2D eigenvalue weighted by Gasteiger charge is -2.38. The zero-order chi connectivity index (χ0) is 11.4. The van der Waals surface area contributed by atoms with E-state index in [0.717, 1.165) is 25.7 Å². The molecule has 1 fully saturated rings. The molecule has 4 heteroatoms. The van der Waals surface area contributed by atoms with Crippen molar-refractivity contribution in [2.45, 2.75) is 50.8 Å². The van der Waals surface area contributed by atoms with Crippen molar-refractivity contribution < 1.29 is 14.6 Å². The van der Waals surface area contributed by atoms with Gasteiger partial charge in [-0.2, -0.15) is 0 Å². The molecule has 0 bridgehead atoms. The van der Waals surface area contributed by atoms with Crippen molar-refractivity contribution in [2.24, 2.45) is 0 Å². The highest BCUT2D eigenvalue weighted by Gasteiger charge is 2.32. The third-order valence-corrected chi connectivity index (χ3v) is 3.37. The van der Waals surface area contributed by atoms with Gasteiger partial charge < -0.3 is 9.84 Å². The Bertz CT molecular complexity index is 220. The van der Waals surface area contributed by atoms with Gasteiger partial charge in [-0.1, -0.05) is 0 Å². The maximum absolute atomic E-state index is 11.0. The number of piperidine rings is 1. The summed E-state index contributed by atoms with van der Waals surface area (Å²) in [6.07, 6.45) is 3.96. The number of likely N-dealkylation sites (N-methyl/N-ethyl adjacent to an activating group) is 1. The number of carboxylic acid groups (broad SMARTS) is 1. The van der Waals surface area contributed by atoms with Crippen LogP contribution in [0.1, 0.15) is 32.6 Å². The molecular weight excluding hydrogens is 194 g/mol. The first-order chi connectivity index (χ1) is 7.06. The van der Waals surface area contributed by atoms with Crippen molar-refractivity contribution in [3.63, 3.8) is 0 Å². The molecule has 0 aromatic heterocycles. The summed E-state index contributed by atoms with van der Waals surface area (Å²) in [6, 6.07) is 0.0302. The van der Waals surface area contributed by atoms with E-state index in [1.165, 1.54) is 0 Å². The Balaban J connectivity index is 2.54. The van der Waals surface area contributed by atoms with Crippen LogP contribution in [-0.2, 0) is 9.53 Å². The number of methoxy groups -OCH3 is 1. The number of hydrogen-bond acceptors (Lipinski definition) is 3. The van der Waals surface area contributed by atoms with Gasteiger partial charge in [-0.15, -0.1) is 0 Å². The highest BCUT2D eigenvalue weighted by molar-refractivity contribution is 5.73. The predicted octanol–water partition coefficient (Wildman–Crippen LogP) is 1.35. The summed E-state index contributed by atoms with van der Waals surface area (Å²) in [5.74, 6) is -0.702. The van der Waals surface area contributed by atoms with E-state index < -0.39 is 5.97 Å². The van der Waals surface area contributed by atoms with Gasteiger partial charge in [0.05, 0.1) is 6.10 Å². The Labute approximate surface area is 91.2 Å². The first-order valence-corrected chi connectivity index (χ1v) is 5.53. The molecule has 4 nitrogen and oxygen atoms in total. The quantitative estimate of drug-likeness (QED) is 0.769. The van der Waals surface area contributed by atoms with Crippen molar-refractivity contribution >= 4 is 5.97 Å². The predicted molar refractivity (Wildman–Crippen MR) is 57.9 cm³/mol. The molecule has 0 aromatic rings. The smallest absolute Gasteiger partial charge is 0.320 e. The SMILES string of the molecule is COC(C)CC1CCCC(C(=O)O)N1C. The summed E-state index contributed by atoms with van der Waals surface area (Å²) in [5, 5.41) is 9.04. The molecule has 15 heavy (non-hydrogen) atoms. The summed E-state index contributed by atoms with van der Waals surface area (Å²) >= 11 is 0.